The van der Waals surface area contributed by atoms with E-state index in [2.05, 4.69) is 63.9 Å². The van der Waals surface area contributed by atoms with Crippen molar-refractivity contribution in [2.75, 3.05) is 13.6 Å². The average molecular weight is 215 g/mol. The van der Waals surface area contributed by atoms with Crippen LogP contribution in [0.25, 0.3) is 11.3 Å². The summed E-state index contributed by atoms with van der Waals surface area (Å²) >= 11 is 0. The number of rotatable bonds is 0. The highest BCUT2D eigenvalue weighted by Crippen LogP contribution is 2.27. The molecule has 0 aliphatic carbocycles. The molecule has 0 atom stereocenters. The van der Waals surface area contributed by atoms with Crippen LogP contribution in [0.4, 0.5) is 0 Å². The topological polar surface area (TPSA) is 3.24 Å². The van der Waals surface area contributed by atoms with E-state index in [-0.39, 0.29) is 5.41 Å². The number of fused-ring (bicyclic) bond motifs is 1. The zero-order chi connectivity index (χ0) is 11.9. The van der Waals surface area contributed by atoms with Gasteiger partial charge in [0.1, 0.15) is 0 Å². The van der Waals surface area contributed by atoms with E-state index in [1.54, 1.807) is 0 Å². The van der Waals surface area contributed by atoms with Crippen molar-refractivity contribution < 1.29 is 0 Å². The van der Waals surface area contributed by atoms with Crippen molar-refractivity contribution >= 4 is 11.3 Å². The number of hydrogen-bond donors (Lipinski definition) is 0. The molecule has 0 amide bonds. The van der Waals surface area contributed by atoms with Gasteiger partial charge in [-0.1, -0.05) is 45.0 Å². The Balaban J connectivity index is 2.88. The lowest BCUT2D eigenvalue weighted by Gasteiger charge is -2.32. The Labute approximate surface area is 98.1 Å². The first-order valence-corrected chi connectivity index (χ1v) is 5.92. The molecule has 1 aliphatic rings. The largest absolute Gasteiger partial charge is 0.374 e. The highest BCUT2D eigenvalue weighted by Gasteiger charge is 2.22. The van der Waals surface area contributed by atoms with Gasteiger partial charge in [0, 0.05) is 24.5 Å². The van der Waals surface area contributed by atoms with Crippen LogP contribution in [0.15, 0.2) is 24.3 Å². The van der Waals surface area contributed by atoms with Crippen LogP contribution in [-0.4, -0.2) is 18.5 Å². The van der Waals surface area contributed by atoms with Crippen LogP contribution in [0.2, 0.25) is 0 Å². The van der Waals surface area contributed by atoms with Gasteiger partial charge < -0.3 is 4.90 Å². The summed E-state index contributed by atoms with van der Waals surface area (Å²) in [7, 11) is 2.18. The molecule has 16 heavy (non-hydrogen) atoms. The van der Waals surface area contributed by atoms with Crippen molar-refractivity contribution in [1.82, 2.24) is 4.90 Å². The van der Waals surface area contributed by atoms with Gasteiger partial charge in [0.25, 0.3) is 0 Å². The van der Waals surface area contributed by atoms with Crippen LogP contribution in [0.1, 0.15) is 27.7 Å². The van der Waals surface area contributed by atoms with Crippen LogP contribution in [0.3, 0.4) is 0 Å². The van der Waals surface area contributed by atoms with E-state index in [0.717, 1.165) is 6.54 Å². The molecule has 1 aliphatic heterocycles. The molecule has 1 heteroatoms. The predicted octanol–water partition coefficient (Wildman–Crippen LogP) is 1.96. The minimum atomic E-state index is 0.241. The van der Waals surface area contributed by atoms with Crippen molar-refractivity contribution in [2.45, 2.75) is 27.7 Å². The lowest BCUT2D eigenvalue weighted by Crippen LogP contribution is -2.43. The molecule has 0 spiro atoms. The highest BCUT2D eigenvalue weighted by atomic mass is 15.1. The SMILES string of the molecule is CC1=c2ccccc2=C(C(C)(C)C)CN1C. The summed E-state index contributed by atoms with van der Waals surface area (Å²) in [6.07, 6.45) is 0. The highest BCUT2D eigenvalue weighted by molar-refractivity contribution is 5.60. The second kappa shape index (κ2) is 3.65. The minimum Gasteiger partial charge on any atom is -0.374 e. The van der Waals surface area contributed by atoms with Crippen LogP contribution in [0.5, 0.6) is 0 Å². The van der Waals surface area contributed by atoms with Gasteiger partial charge in [0.15, 0.2) is 0 Å². The number of nitrogens with zero attached hydrogens (tertiary/aromatic N) is 1. The molecule has 0 saturated heterocycles. The van der Waals surface area contributed by atoms with Gasteiger partial charge in [0.05, 0.1) is 0 Å². The third-order valence-electron chi connectivity index (χ3n) is 3.52. The predicted molar refractivity (Wildman–Crippen MR) is 70.3 cm³/mol. The van der Waals surface area contributed by atoms with Crippen molar-refractivity contribution in [3.8, 4) is 0 Å². The molecule has 2 rings (SSSR count). The first-order valence-electron chi connectivity index (χ1n) is 5.92. The van der Waals surface area contributed by atoms with Crippen molar-refractivity contribution in [3.63, 3.8) is 0 Å². The maximum atomic E-state index is 2.35. The van der Waals surface area contributed by atoms with Crippen molar-refractivity contribution in [3.05, 3.63) is 34.7 Å². The summed E-state index contributed by atoms with van der Waals surface area (Å²) in [4.78, 5) is 2.35. The second-order valence-electron chi connectivity index (χ2n) is 5.72. The van der Waals surface area contributed by atoms with Gasteiger partial charge in [-0.05, 0) is 23.1 Å². The molecule has 1 nitrogen and oxygen atoms in total. The zero-order valence-electron chi connectivity index (χ0n) is 11.0. The molecule has 0 unspecified atom stereocenters. The molecule has 1 aromatic carbocycles. The molecular weight excluding hydrogens is 194 g/mol. The molecule has 1 heterocycles. The lowest BCUT2D eigenvalue weighted by atomic mass is 9.83. The quantitative estimate of drug-likeness (QED) is 0.639. The third-order valence-corrected chi connectivity index (χ3v) is 3.52. The van der Waals surface area contributed by atoms with Gasteiger partial charge in [-0.15, -0.1) is 0 Å². The Morgan fingerprint density at radius 2 is 1.62 bits per heavy atom. The smallest absolute Gasteiger partial charge is 0.0397 e. The maximum Gasteiger partial charge on any atom is 0.0397 e. The fourth-order valence-electron chi connectivity index (χ4n) is 2.35. The molecular formula is C15H21N. The van der Waals surface area contributed by atoms with Gasteiger partial charge in [-0.2, -0.15) is 0 Å². The normalized spacial score (nSPS) is 16.4. The first-order chi connectivity index (χ1) is 7.41. The monoisotopic (exact) mass is 215 g/mol. The summed E-state index contributed by atoms with van der Waals surface area (Å²) in [5.74, 6) is 0. The van der Waals surface area contributed by atoms with E-state index < -0.39 is 0 Å². The van der Waals surface area contributed by atoms with E-state index in [9.17, 15) is 0 Å². The summed E-state index contributed by atoms with van der Waals surface area (Å²) in [5.41, 5.74) is 3.16. The number of benzene rings is 1. The van der Waals surface area contributed by atoms with E-state index in [1.165, 1.54) is 21.7 Å². The standard InChI is InChI=1S/C15H21N/c1-11-12-8-6-7-9-13(12)14(10-16(11)5)15(2,3)4/h6-9H,10H2,1-5H3. The molecule has 1 aromatic rings. The molecule has 0 fully saturated rings. The van der Waals surface area contributed by atoms with Gasteiger partial charge in [0.2, 0.25) is 0 Å². The Morgan fingerprint density at radius 1 is 1.06 bits per heavy atom. The maximum absolute atomic E-state index is 2.35. The van der Waals surface area contributed by atoms with E-state index in [4.69, 9.17) is 0 Å². The molecule has 0 bridgehead atoms. The fraction of sp³-hybridized carbons (Fsp3) is 0.467. The summed E-state index contributed by atoms with van der Waals surface area (Å²) in [5, 5.41) is 2.83. The Kier molecular flexibility index (Phi) is 2.57. The van der Waals surface area contributed by atoms with Gasteiger partial charge in [-0.3, -0.25) is 0 Å². The van der Waals surface area contributed by atoms with E-state index in [1.807, 2.05) is 0 Å². The lowest BCUT2D eigenvalue weighted by molar-refractivity contribution is 0.464. The Bertz CT molecular complexity index is 517. The van der Waals surface area contributed by atoms with E-state index >= 15 is 0 Å². The van der Waals surface area contributed by atoms with Crippen LogP contribution >= 0.6 is 0 Å². The fourth-order valence-corrected chi connectivity index (χ4v) is 2.35. The minimum absolute atomic E-state index is 0.241. The van der Waals surface area contributed by atoms with Crippen molar-refractivity contribution in [1.29, 1.82) is 0 Å². The summed E-state index contributed by atoms with van der Waals surface area (Å²) < 4.78 is 0. The van der Waals surface area contributed by atoms with Gasteiger partial charge >= 0.3 is 0 Å². The summed E-state index contributed by atoms with van der Waals surface area (Å²) in [6.45, 7) is 10.2. The van der Waals surface area contributed by atoms with Crippen LogP contribution in [0, 0.1) is 5.41 Å². The first kappa shape index (κ1) is 11.3. The molecule has 0 saturated carbocycles. The molecule has 86 valence electrons. The summed E-state index contributed by atoms with van der Waals surface area (Å²) in [6, 6.07) is 8.75. The molecule has 0 radical (unpaired) electrons. The Morgan fingerprint density at radius 3 is 2.19 bits per heavy atom. The average Bonchev–Trinajstić information content (AvgIpc) is 2.22. The third kappa shape index (κ3) is 1.75. The van der Waals surface area contributed by atoms with Crippen molar-refractivity contribution in [2.24, 2.45) is 5.41 Å². The van der Waals surface area contributed by atoms with Crippen LogP contribution < -0.4 is 10.4 Å². The van der Waals surface area contributed by atoms with E-state index in [0.29, 0.717) is 0 Å². The number of hydrogen-bond acceptors (Lipinski definition) is 1. The zero-order valence-corrected chi connectivity index (χ0v) is 11.0. The molecule has 0 N–H and O–H groups in total. The van der Waals surface area contributed by atoms with Crippen LogP contribution in [-0.2, 0) is 0 Å². The van der Waals surface area contributed by atoms with Gasteiger partial charge in [-0.25, -0.2) is 0 Å². The second-order valence-corrected chi connectivity index (χ2v) is 5.72. The molecule has 0 aromatic heterocycles. The Hall–Kier alpha value is -1.24.